The van der Waals surface area contributed by atoms with Crippen LogP contribution >= 0.6 is 0 Å². The fraction of sp³-hybridized carbons (Fsp3) is 0.647. The van der Waals surface area contributed by atoms with E-state index in [0.29, 0.717) is 17.9 Å². The Morgan fingerprint density at radius 2 is 1.84 bits per heavy atom. The predicted octanol–water partition coefficient (Wildman–Crippen LogP) is 3.31. The molecule has 0 aliphatic heterocycles. The maximum atomic E-state index is 10.1. The lowest BCUT2D eigenvalue weighted by molar-refractivity contribution is 0.172. The van der Waals surface area contributed by atoms with Crippen molar-refractivity contribution in [3.8, 4) is 0 Å². The van der Waals surface area contributed by atoms with Crippen molar-refractivity contribution in [3.63, 3.8) is 0 Å². The molecule has 1 saturated carbocycles. The molecule has 0 amide bonds. The predicted molar refractivity (Wildman–Crippen MR) is 80.2 cm³/mol. The van der Waals surface area contributed by atoms with E-state index in [-0.39, 0.29) is 0 Å². The molecule has 2 heteroatoms. The highest BCUT2D eigenvalue weighted by Crippen LogP contribution is 2.44. The summed E-state index contributed by atoms with van der Waals surface area (Å²) in [5, 5.41) is 13.5. The number of nitrogens with one attached hydrogen (secondary N) is 1. The first kappa shape index (κ1) is 14.5. The minimum Gasteiger partial charge on any atom is -0.387 e. The van der Waals surface area contributed by atoms with Gasteiger partial charge in [0, 0.05) is 13.1 Å². The molecule has 1 aliphatic rings. The van der Waals surface area contributed by atoms with Gasteiger partial charge in [0.25, 0.3) is 0 Å². The van der Waals surface area contributed by atoms with Crippen molar-refractivity contribution in [2.24, 2.45) is 11.3 Å². The Morgan fingerprint density at radius 1 is 1.21 bits per heavy atom. The van der Waals surface area contributed by atoms with Gasteiger partial charge in [-0.1, -0.05) is 45.0 Å². The van der Waals surface area contributed by atoms with Crippen LogP contribution in [0.4, 0.5) is 0 Å². The minimum absolute atomic E-state index is 0.393. The molecule has 1 aromatic rings. The van der Waals surface area contributed by atoms with Crippen molar-refractivity contribution in [1.29, 1.82) is 0 Å². The third-order valence-corrected chi connectivity index (χ3v) is 4.00. The lowest BCUT2D eigenvalue weighted by Crippen LogP contribution is -2.27. The molecule has 0 bridgehead atoms. The largest absolute Gasteiger partial charge is 0.387 e. The van der Waals surface area contributed by atoms with Gasteiger partial charge in [-0.2, -0.15) is 0 Å². The first-order chi connectivity index (χ1) is 8.98. The van der Waals surface area contributed by atoms with Gasteiger partial charge in [0.15, 0.2) is 0 Å². The summed E-state index contributed by atoms with van der Waals surface area (Å²) in [6.07, 6.45) is 3.35. The summed E-state index contributed by atoms with van der Waals surface area (Å²) in [7, 11) is 0. The Kier molecular flexibility index (Phi) is 4.64. The van der Waals surface area contributed by atoms with Crippen molar-refractivity contribution < 1.29 is 5.11 Å². The molecule has 0 saturated heterocycles. The Morgan fingerprint density at radius 3 is 2.37 bits per heavy atom. The van der Waals surface area contributed by atoms with Gasteiger partial charge >= 0.3 is 0 Å². The van der Waals surface area contributed by atoms with Crippen LogP contribution in [0.15, 0.2) is 24.3 Å². The highest BCUT2D eigenvalue weighted by Gasteiger charge is 2.36. The zero-order valence-electron chi connectivity index (χ0n) is 12.4. The van der Waals surface area contributed by atoms with Crippen LogP contribution in [0.25, 0.3) is 0 Å². The van der Waals surface area contributed by atoms with Crippen LogP contribution in [0.1, 0.15) is 50.8 Å². The van der Waals surface area contributed by atoms with Crippen LogP contribution in [0.3, 0.4) is 0 Å². The molecule has 0 heterocycles. The fourth-order valence-electron chi connectivity index (χ4n) is 2.37. The maximum absolute atomic E-state index is 10.1. The molecule has 1 unspecified atom stereocenters. The van der Waals surface area contributed by atoms with E-state index >= 15 is 0 Å². The standard InChI is InChI=1S/C17H27NO/c1-13(2)10-14-4-6-15(7-5-14)16(19)11-18-12-17(3)8-9-17/h4-7,13,16,18-19H,8-12H2,1-3H3. The molecule has 19 heavy (non-hydrogen) atoms. The molecular formula is C17H27NO. The zero-order chi connectivity index (χ0) is 13.9. The number of aliphatic hydroxyl groups excluding tert-OH is 1. The van der Waals surface area contributed by atoms with Gasteiger partial charge in [0.2, 0.25) is 0 Å². The SMILES string of the molecule is CC(C)Cc1ccc(C(O)CNCC2(C)CC2)cc1. The number of rotatable bonds is 7. The molecule has 0 aromatic heterocycles. The van der Waals surface area contributed by atoms with E-state index in [1.807, 2.05) is 0 Å². The lowest BCUT2D eigenvalue weighted by Gasteiger charge is -2.15. The molecular weight excluding hydrogens is 234 g/mol. The van der Waals surface area contributed by atoms with Crippen LogP contribution in [0.5, 0.6) is 0 Å². The summed E-state index contributed by atoms with van der Waals surface area (Å²) >= 11 is 0. The van der Waals surface area contributed by atoms with Crippen molar-refractivity contribution in [2.45, 2.75) is 46.1 Å². The van der Waals surface area contributed by atoms with Crippen molar-refractivity contribution in [2.75, 3.05) is 13.1 Å². The van der Waals surface area contributed by atoms with Crippen molar-refractivity contribution >= 4 is 0 Å². The quantitative estimate of drug-likeness (QED) is 0.789. The molecule has 1 atom stereocenters. The van der Waals surface area contributed by atoms with E-state index in [4.69, 9.17) is 0 Å². The van der Waals surface area contributed by atoms with Gasteiger partial charge in [-0.05, 0) is 41.7 Å². The van der Waals surface area contributed by atoms with Crippen LogP contribution in [-0.4, -0.2) is 18.2 Å². The summed E-state index contributed by atoms with van der Waals surface area (Å²) in [6, 6.07) is 8.40. The topological polar surface area (TPSA) is 32.3 Å². The second-order valence-electron chi connectivity index (χ2n) is 6.80. The van der Waals surface area contributed by atoms with E-state index < -0.39 is 6.10 Å². The van der Waals surface area contributed by atoms with Gasteiger partial charge in [-0.25, -0.2) is 0 Å². The smallest absolute Gasteiger partial charge is 0.0914 e. The maximum Gasteiger partial charge on any atom is 0.0914 e. The minimum atomic E-state index is -0.393. The number of aliphatic hydroxyl groups is 1. The lowest BCUT2D eigenvalue weighted by atomic mass is 10.00. The van der Waals surface area contributed by atoms with E-state index in [1.165, 1.54) is 18.4 Å². The first-order valence-electron chi connectivity index (χ1n) is 7.46. The normalized spacial score (nSPS) is 18.6. The van der Waals surface area contributed by atoms with E-state index in [1.54, 1.807) is 0 Å². The van der Waals surface area contributed by atoms with Gasteiger partial charge in [0.1, 0.15) is 0 Å². The first-order valence-corrected chi connectivity index (χ1v) is 7.46. The molecule has 1 aliphatic carbocycles. The average molecular weight is 261 g/mol. The second kappa shape index (κ2) is 6.06. The number of hydrogen-bond donors (Lipinski definition) is 2. The molecule has 0 radical (unpaired) electrons. The highest BCUT2D eigenvalue weighted by molar-refractivity contribution is 5.24. The Balaban J connectivity index is 1.79. The fourth-order valence-corrected chi connectivity index (χ4v) is 2.37. The van der Waals surface area contributed by atoms with Crippen LogP contribution in [0, 0.1) is 11.3 Å². The molecule has 2 nitrogen and oxygen atoms in total. The van der Waals surface area contributed by atoms with E-state index in [2.05, 4.69) is 50.4 Å². The Labute approximate surface area is 117 Å². The summed E-state index contributed by atoms with van der Waals surface area (Å²) < 4.78 is 0. The van der Waals surface area contributed by atoms with Crippen LogP contribution in [0.2, 0.25) is 0 Å². The third kappa shape index (κ3) is 4.63. The summed E-state index contributed by atoms with van der Waals surface area (Å²) in [4.78, 5) is 0. The second-order valence-corrected chi connectivity index (χ2v) is 6.80. The summed E-state index contributed by atoms with van der Waals surface area (Å²) in [6.45, 7) is 8.43. The zero-order valence-corrected chi connectivity index (χ0v) is 12.4. The van der Waals surface area contributed by atoms with Crippen LogP contribution in [-0.2, 0) is 6.42 Å². The summed E-state index contributed by atoms with van der Waals surface area (Å²) in [5.41, 5.74) is 2.87. The Hall–Kier alpha value is -0.860. The van der Waals surface area contributed by atoms with E-state index in [9.17, 15) is 5.11 Å². The monoisotopic (exact) mass is 261 g/mol. The third-order valence-electron chi connectivity index (χ3n) is 4.00. The molecule has 2 N–H and O–H groups in total. The Bertz CT molecular complexity index is 392. The summed E-state index contributed by atoms with van der Waals surface area (Å²) in [5.74, 6) is 0.678. The van der Waals surface area contributed by atoms with Crippen molar-refractivity contribution in [3.05, 3.63) is 35.4 Å². The average Bonchev–Trinajstić information content (AvgIpc) is 3.07. The molecule has 2 rings (SSSR count). The van der Waals surface area contributed by atoms with Gasteiger partial charge < -0.3 is 10.4 Å². The van der Waals surface area contributed by atoms with Crippen molar-refractivity contribution in [1.82, 2.24) is 5.32 Å². The highest BCUT2D eigenvalue weighted by atomic mass is 16.3. The molecule has 1 aromatic carbocycles. The van der Waals surface area contributed by atoms with Crippen LogP contribution < -0.4 is 5.32 Å². The van der Waals surface area contributed by atoms with Gasteiger partial charge in [-0.15, -0.1) is 0 Å². The van der Waals surface area contributed by atoms with E-state index in [0.717, 1.165) is 18.5 Å². The van der Waals surface area contributed by atoms with Gasteiger partial charge in [0.05, 0.1) is 6.10 Å². The van der Waals surface area contributed by atoms with Gasteiger partial charge in [-0.3, -0.25) is 0 Å². The molecule has 1 fully saturated rings. The number of hydrogen-bond acceptors (Lipinski definition) is 2. The molecule has 0 spiro atoms. The number of benzene rings is 1. The molecule has 106 valence electrons.